The first-order chi connectivity index (χ1) is 11.6. The number of benzene rings is 2. The van der Waals surface area contributed by atoms with Gasteiger partial charge in [-0.2, -0.15) is 0 Å². The molecule has 0 radical (unpaired) electrons. The lowest BCUT2D eigenvalue weighted by Gasteiger charge is -2.07. The first-order valence-electron chi connectivity index (χ1n) is 7.33. The molecule has 0 spiro atoms. The van der Waals surface area contributed by atoms with Gasteiger partial charge in [-0.25, -0.2) is 4.79 Å². The zero-order valence-electron chi connectivity index (χ0n) is 13.7. The van der Waals surface area contributed by atoms with Gasteiger partial charge < -0.3 is 18.9 Å². The molecule has 0 unspecified atom stereocenters. The summed E-state index contributed by atoms with van der Waals surface area (Å²) < 4.78 is 20.8. The predicted octanol–water partition coefficient (Wildman–Crippen LogP) is 3.27. The zero-order valence-corrected chi connectivity index (χ0v) is 13.7. The summed E-state index contributed by atoms with van der Waals surface area (Å²) in [6.07, 6.45) is 1.70. The second kappa shape index (κ2) is 6.62. The number of carbonyl (C=O) groups excluding carboxylic acids is 1. The first kappa shape index (κ1) is 15.9. The number of nitrogens with zero attached hydrogens (tertiary/aromatic N) is 1. The lowest BCUT2D eigenvalue weighted by atomic mass is 10.1. The second-order valence-electron chi connectivity index (χ2n) is 5.20. The van der Waals surface area contributed by atoms with E-state index in [0.29, 0.717) is 22.8 Å². The van der Waals surface area contributed by atoms with Crippen molar-refractivity contribution in [1.29, 1.82) is 0 Å². The van der Waals surface area contributed by atoms with E-state index in [1.54, 1.807) is 37.6 Å². The third-order valence-electron chi connectivity index (χ3n) is 3.69. The second-order valence-corrected chi connectivity index (χ2v) is 5.20. The molecule has 0 N–H and O–H groups in total. The summed E-state index contributed by atoms with van der Waals surface area (Å²) in [5.41, 5.74) is 2.89. The Hall–Kier alpha value is -3.02. The molecule has 1 aliphatic rings. The maximum atomic E-state index is 11.5. The van der Waals surface area contributed by atoms with Gasteiger partial charge in [0.25, 0.3) is 0 Å². The molecule has 2 aromatic carbocycles. The van der Waals surface area contributed by atoms with Crippen molar-refractivity contribution in [1.82, 2.24) is 0 Å². The third kappa shape index (κ3) is 3.03. The summed E-state index contributed by atoms with van der Waals surface area (Å²) in [6, 6.07) is 8.80. The smallest absolute Gasteiger partial charge is 0.337 e. The molecule has 2 aromatic rings. The fourth-order valence-corrected chi connectivity index (χ4v) is 2.40. The van der Waals surface area contributed by atoms with Crippen LogP contribution in [0.1, 0.15) is 21.5 Å². The largest absolute Gasteiger partial charge is 0.496 e. The number of ether oxygens (including phenoxy) is 4. The number of hydrogen-bond acceptors (Lipinski definition) is 6. The Morgan fingerprint density at radius 1 is 1.17 bits per heavy atom. The highest BCUT2D eigenvalue weighted by Gasteiger charge is 2.17. The number of hydrogen-bond donors (Lipinski definition) is 0. The summed E-state index contributed by atoms with van der Waals surface area (Å²) in [7, 11) is 2.95. The van der Waals surface area contributed by atoms with Gasteiger partial charge in [0.15, 0.2) is 11.5 Å². The van der Waals surface area contributed by atoms with Crippen LogP contribution in [0.15, 0.2) is 35.3 Å². The van der Waals surface area contributed by atoms with Gasteiger partial charge >= 0.3 is 5.97 Å². The van der Waals surface area contributed by atoms with Crippen LogP contribution >= 0.6 is 0 Å². The molecule has 6 nitrogen and oxygen atoms in total. The molecule has 1 heterocycles. The van der Waals surface area contributed by atoms with E-state index >= 15 is 0 Å². The maximum absolute atomic E-state index is 11.5. The van der Waals surface area contributed by atoms with Crippen LogP contribution in [0.2, 0.25) is 0 Å². The molecule has 0 atom stereocenters. The number of carbonyl (C=O) groups is 1. The van der Waals surface area contributed by atoms with Crippen molar-refractivity contribution in [3.05, 3.63) is 47.0 Å². The van der Waals surface area contributed by atoms with Crippen molar-refractivity contribution in [3.8, 4) is 17.2 Å². The van der Waals surface area contributed by atoms with Crippen molar-refractivity contribution in [2.24, 2.45) is 4.99 Å². The Bertz CT molecular complexity index is 813. The van der Waals surface area contributed by atoms with E-state index in [1.165, 1.54) is 7.11 Å². The maximum Gasteiger partial charge on any atom is 0.337 e. The Kier molecular flexibility index (Phi) is 4.37. The molecule has 0 fully saturated rings. The molecule has 124 valence electrons. The van der Waals surface area contributed by atoms with Crippen molar-refractivity contribution < 1.29 is 23.7 Å². The number of aliphatic imine (C=N–C) groups is 1. The Balaban J connectivity index is 1.90. The molecule has 0 saturated carbocycles. The van der Waals surface area contributed by atoms with Crippen LogP contribution in [-0.4, -0.2) is 33.2 Å². The fraction of sp³-hybridized carbons (Fsp3) is 0.222. The summed E-state index contributed by atoms with van der Waals surface area (Å²) in [4.78, 5) is 16.0. The predicted molar refractivity (Wildman–Crippen MR) is 88.9 cm³/mol. The summed E-state index contributed by atoms with van der Waals surface area (Å²) in [5.74, 6) is 1.59. The van der Waals surface area contributed by atoms with Gasteiger partial charge in [0.05, 0.1) is 25.5 Å². The Labute approximate surface area is 139 Å². The average Bonchev–Trinajstić information content (AvgIpc) is 3.06. The number of methoxy groups -OCH3 is 2. The lowest BCUT2D eigenvalue weighted by molar-refractivity contribution is 0.0600. The average molecular weight is 327 g/mol. The number of aryl methyl sites for hydroxylation is 1. The molecular weight excluding hydrogens is 310 g/mol. The number of fused-ring (bicyclic) bond motifs is 1. The van der Waals surface area contributed by atoms with Crippen LogP contribution in [-0.2, 0) is 4.74 Å². The fourth-order valence-electron chi connectivity index (χ4n) is 2.40. The highest BCUT2D eigenvalue weighted by atomic mass is 16.7. The molecule has 0 aromatic heterocycles. The van der Waals surface area contributed by atoms with Crippen LogP contribution in [0.3, 0.4) is 0 Å². The van der Waals surface area contributed by atoms with E-state index in [2.05, 4.69) is 4.99 Å². The molecular formula is C18H17NO5. The van der Waals surface area contributed by atoms with Crippen LogP contribution in [0, 0.1) is 6.92 Å². The lowest BCUT2D eigenvalue weighted by Crippen LogP contribution is -2.00. The van der Waals surface area contributed by atoms with Crippen LogP contribution in [0.5, 0.6) is 17.2 Å². The minimum absolute atomic E-state index is 0.202. The van der Waals surface area contributed by atoms with E-state index in [0.717, 1.165) is 16.8 Å². The summed E-state index contributed by atoms with van der Waals surface area (Å²) >= 11 is 0. The molecule has 0 amide bonds. The topological polar surface area (TPSA) is 66.4 Å². The molecule has 0 bridgehead atoms. The number of rotatable bonds is 4. The Morgan fingerprint density at radius 3 is 2.58 bits per heavy atom. The zero-order chi connectivity index (χ0) is 17.1. The van der Waals surface area contributed by atoms with Crippen LogP contribution < -0.4 is 14.2 Å². The van der Waals surface area contributed by atoms with Crippen LogP contribution in [0.4, 0.5) is 5.69 Å². The molecule has 0 aliphatic carbocycles. The van der Waals surface area contributed by atoms with Crippen LogP contribution in [0.25, 0.3) is 0 Å². The van der Waals surface area contributed by atoms with E-state index in [4.69, 9.17) is 18.9 Å². The van der Waals surface area contributed by atoms with Gasteiger partial charge in [0, 0.05) is 17.8 Å². The van der Waals surface area contributed by atoms with E-state index < -0.39 is 0 Å². The summed E-state index contributed by atoms with van der Waals surface area (Å²) in [5, 5.41) is 0. The Morgan fingerprint density at radius 2 is 1.92 bits per heavy atom. The molecule has 6 heteroatoms. The van der Waals surface area contributed by atoms with E-state index in [-0.39, 0.29) is 12.8 Å². The molecule has 3 rings (SSSR count). The number of esters is 1. The van der Waals surface area contributed by atoms with Crippen molar-refractivity contribution in [2.45, 2.75) is 6.92 Å². The monoisotopic (exact) mass is 327 g/mol. The normalized spacial score (nSPS) is 12.5. The quantitative estimate of drug-likeness (QED) is 0.637. The minimum atomic E-state index is -0.369. The van der Waals surface area contributed by atoms with E-state index in [1.807, 2.05) is 13.0 Å². The third-order valence-corrected chi connectivity index (χ3v) is 3.69. The standard InChI is InChI=1S/C18H17NO5/c1-11-6-12(18(20)22-3)4-5-14(11)19-9-13-7-16-17(24-10-23-16)8-15(13)21-2/h4-9H,10H2,1-3H3. The van der Waals surface area contributed by atoms with Gasteiger partial charge in [0.2, 0.25) is 6.79 Å². The van der Waals surface area contributed by atoms with Gasteiger partial charge in [-0.15, -0.1) is 0 Å². The van der Waals surface area contributed by atoms with Gasteiger partial charge in [-0.3, -0.25) is 4.99 Å². The van der Waals surface area contributed by atoms with Crippen molar-refractivity contribution in [2.75, 3.05) is 21.0 Å². The van der Waals surface area contributed by atoms with Crippen molar-refractivity contribution in [3.63, 3.8) is 0 Å². The molecule has 24 heavy (non-hydrogen) atoms. The SMILES string of the molecule is COC(=O)c1ccc(N=Cc2cc3c(cc2OC)OCO3)c(C)c1. The van der Waals surface area contributed by atoms with E-state index in [9.17, 15) is 4.79 Å². The first-order valence-corrected chi connectivity index (χ1v) is 7.33. The van der Waals surface area contributed by atoms with Gasteiger partial charge in [-0.05, 0) is 36.8 Å². The van der Waals surface area contributed by atoms with Gasteiger partial charge in [-0.1, -0.05) is 0 Å². The molecule has 0 saturated heterocycles. The van der Waals surface area contributed by atoms with Crippen molar-refractivity contribution >= 4 is 17.9 Å². The molecule has 1 aliphatic heterocycles. The minimum Gasteiger partial charge on any atom is -0.496 e. The highest BCUT2D eigenvalue weighted by Crippen LogP contribution is 2.37. The summed E-state index contributed by atoms with van der Waals surface area (Å²) in [6.45, 7) is 2.09. The highest BCUT2D eigenvalue weighted by molar-refractivity contribution is 5.91. The van der Waals surface area contributed by atoms with Gasteiger partial charge in [0.1, 0.15) is 5.75 Å².